The average molecular weight is 422 g/mol. The summed E-state index contributed by atoms with van der Waals surface area (Å²) in [6.07, 6.45) is 6.25. The second-order valence-electron chi connectivity index (χ2n) is 7.79. The Hall–Kier alpha value is -2.91. The van der Waals surface area contributed by atoms with Gasteiger partial charge in [0.2, 0.25) is 4.96 Å². The first-order valence-electron chi connectivity index (χ1n) is 10.00. The first kappa shape index (κ1) is 17.9. The van der Waals surface area contributed by atoms with Crippen molar-refractivity contribution >= 4 is 38.2 Å². The van der Waals surface area contributed by atoms with Crippen LogP contribution in [0.2, 0.25) is 0 Å². The zero-order valence-electron chi connectivity index (χ0n) is 16.3. The number of halogens is 1. The van der Waals surface area contributed by atoms with E-state index in [1.807, 2.05) is 6.20 Å². The van der Waals surface area contributed by atoms with Crippen molar-refractivity contribution in [2.45, 2.75) is 38.3 Å². The van der Waals surface area contributed by atoms with E-state index < -0.39 is 0 Å². The van der Waals surface area contributed by atoms with Crippen LogP contribution in [-0.2, 0) is 11.2 Å². The Kier molecular flexibility index (Phi) is 4.07. The molecule has 0 N–H and O–H groups in total. The van der Waals surface area contributed by atoms with Crippen molar-refractivity contribution in [3.05, 3.63) is 53.4 Å². The predicted molar refractivity (Wildman–Crippen MR) is 112 cm³/mol. The Labute approximate surface area is 175 Å². The summed E-state index contributed by atoms with van der Waals surface area (Å²) in [4.78, 5) is 15.0. The summed E-state index contributed by atoms with van der Waals surface area (Å²) in [5.41, 5.74) is 5.17. The molecule has 4 aromatic heterocycles. The molecule has 7 nitrogen and oxygen atoms in total. The van der Waals surface area contributed by atoms with Crippen LogP contribution in [0.5, 0.6) is 0 Å². The molecule has 30 heavy (non-hydrogen) atoms. The van der Waals surface area contributed by atoms with Crippen molar-refractivity contribution in [2.75, 3.05) is 6.61 Å². The molecule has 1 saturated heterocycles. The van der Waals surface area contributed by atoms with Gasteiger partial charge in [-0.15, -0.1) is 0 Å². The van der Waals surface area contributed by atoms with Crippen molar-refractivity contribution in [2.24, 2.45) is 0 Å². The first-order chi connectivity index (χ1) is 14.7. The van der Waals surface area contributed by atoms with E-state index in [1.165, 1.54) is 17.4 Å². The third-order valence-corrected chi connectivity index (χ3v) is 6.44. The van der Waals surface area contributed by atoms with E-state index >= 15 is 0 Å². The molecule has 152 valence electrons. The summed E-state index contributed by atoms with van der Waals surface area (Å²) in [5.74, 6) is 0.639. The average Bonchev–Trinajstić information content (AvgIpc) is 3.41. The number of aromatic nitrogens is 6. The fourth-order valence-corrected chi connectivity index (χ4v) is 5.08. The number of imidazole rings is 2. The fourth-order valence-electron chi connectivity index (χ4n) is 4.46. The van der Waals surface area contributed by atoms with E-state index in [2.05, 4.69) is 26.6 Å². The molecule has 2 unspecified atom stereocenters. The lowest BCUT2D eigenvalue weighted by Crippen LogP contribution is -2.26. The zero-order valence-corrected chi connectivity index (χ0v) is 17.1. The Morgan fingerprint density at radius 3 is 3.07 bits per heavy atom. The number of hydrogen-bond donors (Lipinski definition) is 0. The van der Waals surface area contributed by atoms with Gasteiger partial charge in [0.05, 0.1) is 35.2 Å². The highest BCUT2D eigenvalue weighted by atomic mass is 32.1. The minimum Gasteiger partial charge on any atom is -0.378 e. The van der Waals surface area contributed by atoms with Gasteiger partial charge < -0.3 is 9.30 Å². The Morgan fingerprint density at radius 1 is 1.27 bits per heavy atom. The molecule has 2 atom stereocenters. The number of benzene rings is 1. The highest BCUT2D eigenvalue weighted by molar-refractivity contribution is 7.14. The van der Waals surface area contributed by atoms with Gasteiger partial charge in [0.15, 0.2) is 0 Å². The molecule has 1 aliphatic heterocycles. The summed E-state index contributed by atoms with van der Waals surface area (Å²) in [6.45, 7) is 2.80. The van der Waals surface area contributed by atoms with Gasteiger partial charge in [-0.3, -0.25) is 4.98 Å². The SMILES string of the molecule is CC1CC(n2c(Cc3cn4ncsc4n3)nc3cnc4ccc(F)cc4c32)CCO1. The third kappa shape index (κ3) is 2.88. The molecule has 0 radical (unpaired) electrons. The highest BCUT2D eigenvalue weighted by Gasteiger charge is 2.27. The van der Waals surface area contributed by atoms with Crippen LogP contribution < -0.4 is 0 Å². The second-order valence-corrected chi connectivity index (χ2v) is 8.60. The molecule has 1 fully saturated rings. The van der Waals surface area contributed by atoms with Crippen LogP contribution in [0.1, 0.15) is 37.3 Å². The summed E-state index contributed by atoms with van der Waals surface area (Å²) in [5, 5.41) is 5.06. The van der Waals surface area contributed by atoms with Gasteiger partial charge in [0.1, 0.15) is 22.7 Å². The quantitative estimate of drug-likeness (QED) is 0.437. The molecule has 1 aliphatic rings. The number of hydrogen-bond acceptors (Lipinski definition) is 6. The minimum absolute atomic E-state index is 0.168. The van der Waals surface area contributed by atoms with Crippen LogP contribution in [0, 0.1) is 5.82 Å². The summed E-state index contributed by atoms with van der Waals surface area (Å²) < 4.78 is 24.0. The fraction of sp³-hybridized carbons (Fsp3) is 0.333. The molecule has 6 rings (SSSR count). The van der Waals surface area contributed by atoms with Gasteiger partial charge >= 0.3 is 0 Å². The largest absolute Gasteiger partial charge is 0.378 e. The molecule has 5 heterocycles. The summed E-state index contributed by atoms with van der Waals surface area (Å²) in [6, 6.07) is 4.96. The van der Waals surface area contributed by atoms with Gasteiger partial charge in [-0.05, 0) is 38.0 Å². The van der Waals surface area contributed by atoms with E-state index in [0.717, 1.165) is 51.3 Å². The van der Waals surface area contributed by atoms with Gasteiger partial charge in [0, 0.05) is 24.5 Å². The molecular formula is C21H19FN6OS. The number of fused-ring (bicyclic) bond motifs is 4. The van der Waals surface area contributed by atoms with Crippen LogP contribution >= 0.6 is 11.3 Å². The van der Waals surface area contributed by atoms with E-state index in [4.69, 9.17) is 9.72 Å². The molecule has 9 heteroatoms. The summed E-state index contributed by atoms with van der Waals surface area (Å²) >= 11 is 1.51. The van der Waals surface area contributed by atoms with Crippen molar-refractivity contribution in [3.63, 3.8) is 0 Å². The van der Waals surface area contributed by atoms with Gasteiger partial charge in [0.25, 0.3) is 0 Å². The Balaban J connectivity index is 1.56. The molecule has 1 aromatic carbocycles. The molecule has 0 amide bonds. The standard InChI is InChI=1S/C21H19FN6OS/c1-12-6-15(4-5-29-12)28-19(8-14-10-27-21(25-14)30-11-24-27)26-18-9-23-17-3-2-13(22)7-16(17)20(18)28/h2-3,7,9-12,15H,4-6,8H2,1H3. The van der Waals surface area contributed by atoms with Crippen molar-refractivity contribution in [3.8, 4) is 0 Å². The Morgan fingerprint density at radius 2 is 2.20 bits per heavy atom. The second kappa shape index (κ2) is 6.82. The van der Waals surface area contributed by atoms with Crippen LogP contribution in [0.4, 0.5) is 4.39 Å². The minimum atomic E-state index is -0.271. The van der Waals surface area contributed by atoms with E-state index in [-0.39, 0.29) is 18.0 Å². The molecule has 0 saturated carbocycles. The number of pyridine rings is 1. The smallest absolute Gasteiger partial charge is 0.212 e. The van der Waals surface area contributed by atoms with Gasteiger partial charge in [-0.1, -0.05) is 11.3 Å². The van der Waals surface area contributed by atoms with Crippen LogP contribution in [-0.4, -0.2) is 41.8 Å². The van der Waals surface area contributed by atoms with E-state index in [0.29, 0.717) is 13.0 Å². The Bertz CT molecular complexity index is 1360. The number of ether oxygens (including phenoxy) is 1. The maximum atomic E-state index is 14.1. The number of nitrogens with zero attached hydrogens (tertiary/aromatic N) is 6. The van der Waals surface area contributed by atoms with Crippen molar-refractivity contribution < 1.29 is 9.13 Å². The van der Waals surface area contributed by atoms with Crippen LogP contribution in [0.3, 0.4) is 0 Å². The molecule has 0 spiro atoms. The summed E-state index contributed by atoms with van der Waals surface area (Å²) in [7, 11) is 0. The van der Waals surface area contributed by atoms with Crippen LogP contribution in [0.25, 0.3) is 26.9 Å². The highest BCUT2D eigenvalue weighted by Crippen LogP contribution is 2.34. The van der Waals surface area contributed by atoms with E-state index in [9.17, 15) is 4.39 Å². The lowest BCUT2D eigenvalue weighted by atomic mass is 10.0. The lowest BCUT2D eigenvalue weighted by molar-refractivity contribution is 0.00631. The zero-order chi connectivity index (χ0) is 20.2. The maximum Gasteiger partial charge on any atom is 0.212 e. The third-order valence-electron chi connectivity index (χ3n) is 5.75. The van der Waals surface area contributed by atoms with Crippen molar-refractivity contribution in [1.29, 1.82) is 0 Å². The monoisotopic (exact) mass is 422 g/mol. The van der Waals surface area contributed by atoms with Crippen molar-refractivity contribution in [1.82, 2.24) is 29.1 Å². The first-order valence-corrected chi connectivity index (χ1v) is 10.9. The predicted octanol–water partition coefficient (Wildman–Crippen LogP) is 4.16. The molecular weight excluding hydrogens is 403 g/mol. The number of rotatable bonds is 3. The lowest BCUT2D eigenvalue weighted by Gasteiger charge is -2.30. The normalized spacial score (nSPS) is 19.9. The molecule has 0 bridgehead atoms. The topological polar surface area (TPSA) is 70.1 Å². The van der Waals surface area contributed by atoms with Crippen LogP contribution in [0.15, 0.2) is 36.1 Å². The maximum absolute atomic E-state index is 14.1. The van der Waals surface area contributed by atoms with Gasteiger partial charge in [-0.25, -0.2) is 18.9 Å². The van der Waals surface area contributed by atoms with Gasteiger partial charge in [-0.2, -0.15) is 5.10 Å². The molecule has 0 aliphatic carbocycles. The molecule has 5 aromatic rings. The van der Waals surface area contributed by atoms with E-state index in [1.54, 1.807) is 28.4 Å².